The zero-order valence-electron chi connectivity index (χ0n) is 13.1. The van der Waals surface area contributed by atoms with E-state index < -0.39 is 0 Å². The van der Waals surface area contributed by atoms with Crippen LogP contribution in [0.1, 0.15) is 18.1 Å². The molecule has 0 atom stereocenters. The minimum atomic E-state index is -0.254. The molecule has 0 spiro atoms. The highest BCUT2D eigenvalue weighted by Crippen LogP contribution is 2.33. The van der Waals surface area contributed by atoms with Crippen molar-refractivity contribution in [2.75, 3.05) is 0 Å². The van der Waals surface area contributed by atoms with Crippen LogP contribution in [0.15, 0.2) is 58.1 Å². The molecule has 25 heavy (non-hydrogen) atoms. The predicted octanol–water partition coefficient (Wildman–Crippen LogP) is 4.03. The van der Waals surface area contributed by atoms with Crippen LogP contribution in [-0.4, -0.2) is 22.7 Å². The van der Waals surface area contributed by atoms with Gasteiger partial charge in [0.25, 0.3) is 0 Å². The van der Waals surface area contributed by atoms with Gasteiger partial charge < -0.3 is 10.4 Å². The Bertz CT molecular complexity index is 912. The zero-order chi connectivity index (χ0) is 18.0. The molecule has 2 aromatic rings. The number of benzene rings is 2. The highest BCUT2D eigenvalue weighted by Gasteiger charge is 2.19. The van der Waals surface area contributed by atoms with E-state index in [1.54, 1.807) is 18.2 Å². The van der Waals surface area contributed by atoms with Gasteiger partial charge in [-0.05, 0) is 23.8 Å². The Morgan fingerprint density at radius 2 is 1.76 bits per heavy atom. The van der Waals surface area contributed by atoms with E-state index in [0.717, 1.165) is 5.56 Å². The highest BCUT2D eigenvalue weighted by molar-refractivity contribution is 6.37. The van der Waals surface area contributed by atoms with Crippen molar-refractivity contribution in [3.63, 3.8) is 0 Å². The number of phenolic OH excluding ortho intramolecular Hbond substituents is 1. The molecule has 7 heteroatoms. The summed E-state index contributed by atoms with van der Waals surface area (Å²) >= 11 is 11.9. The monoisotopic (exact) mass is 373 g/mol. The average molecular weight is 374 g/mol. The molecule has 2 aromatic carbocycles. The maximum atomic E-state index is 11.4. The van der Waals surface area contributed by atoms with E-state index >= 15 is 0 Å². The molecule has 1 amide bonds. The largest absolute Gasteiger partial charge is 0.505 e. The number of phenols is 1. The number of carbonyl (C=O) groups excluding carboxylic acids is 1. The lowest BCUT2D eigenvalue weighted by Gasteiger charge is -2.04. The molecule has 126 valence electrons. The van der Waals surface area contributed by atoms with Crippen molar-refractivity contribution in [2.24, 2.45) is 9.98 Å². The number of hydrogen-bond donors (Lipinski definition) is 2. The second kappa shape index (κ2) is 7.09. The van der Waals surface area contributed by atoms with Crippen molar-refractivity contribution in [1.29, 1.82) is 0 Å². The summed E-state index contributed by atoms with van der Waals surface area (Å²) in [5.74, 6) is 0.398. The first-order chi connectivity index (χ1) is 11.9. The summed E-state index contributed by atoms with van der Waals surface area (Å²) in [5, 5.41) is 12.6. The summed E-state index contributed by atoms with van der Waals surface area (Å²) in [6.07, 6.45) is 1.68. The zero-order valence-corrected chi connectivity index (χ0v) is 14.6. The highest BCUT2D eigenvalue weighted by atomic mass is 35.5. The molecule has 0 bridgehead atoms. The van der Waals surface area contributed by atoms with E-state index in [9.17, 15) is 9.90 Å². The topological polar surface area (TPSA) is 74.0 Å². The van der Waals surface area contributed by atoms with Crippen LogP contribution < -0.4 is 5.32 Å². The molecule has 0 aliphatic carbocycles. The third kappa shape index (κ3) is 3.90. The minimum absolute atomic E-state index is 0.127. The number of aliphatic imine (C=N–C) groups is 2. The lowest BCUT2D eigenvalue weighted by molar-refractivity contribution is -0.117. The van der Waals surface area contributed by atoms with E-state index in [-0.39, 0.29) is 21.7 Å². The summed E-state index contributed by atoms with van der Waals surface area (Å²) in [6.45, 7) is 1.40. The van der Waals surface area contributed by atoms with Crippen molar-refractivity contribution < 1.29 is 9.90 Å². The molecule has 1 aliphatic heterocycles. The van der Waals surface area contributed by atoms with Gasteiger partial charge in [-0.25, -0.2) is 9.98 Å². The molecule has 3 rings (SSSR count). The van der Waals surface area contributed by atoms with E-state index in [2.05, 4.69) is 15.3 Å². The smallest absolute Gasteiger partial charge is 0.222 e. The fourth-order valence-corrected chi connectivity index (χ4v) is 2.76. The van der Waals surface area contributed by atoms with Gasteiger partial charge in [-0.2, -0.15) is 0 Å². The number of rotatable bonds is 2. The maximum absolute atomic E-state index is 11.4. The fraction of sp³-hybridized carbons (Fsp3) is 0.0556. The van der Waals surface area contributed by atoms with Crippen LogP contribution in [0.3, 0.4) is 0 Å². The summed E-state index contributed by atoms with van der Waals surface area (Å²) in [5.41, 5.74) is 1.92. The molecule has 0 fully saturated rings. The average Bonchev–Trinajstić information content (AvgIpc) is 2.95. The quantitative estimate of drug-likeness (QED) is 0.833. The molecule has 0 radical (unpaired) electrons. The Kier molecular flexibility index (Phi) is 4.88. The van der Waals surface area contributed by atoms with Crippen molar-refractivity contribution >= 4 is 46.9 Å². The fourth-order valence-electron chi connectivity index (χ4n) is 2.26. The Morgan fingerprint density at radius 1 is 1.12 bits per heavy atom. The molecule has 1 aliphatic rings. The van der Waals surface area contributed by atoms with Gasteiger partial charge in [0.05, 0.1) is 10.0 Å². The van der Waals surface area contributed by atoms with Gasteiger partial charge in [0.15, 0.2) is 17.4 Å². The number of aromatic hydroxyl groups is 1. The number of nitrogens with one attached hydrogen (secondary N) is 1. The molecule has 2 N–H and O–H groups in total. The van der Waals surface area contributed by atoms with Crippen LogP contribution in [0, 0.1) is 0 Å². The van der Waals surface area contributed by atoms with Crippen LogP contribution in [0.4, 0.5) is 0 Å². The molecule has 0 unspecified atom stereocenters. The molecule has 0 aromatic heterocycles. The number of carbonyl (C=O) groups is 1. The van der Waals surface area contributed by atoms with Crippen molar-refractivity contribution in [3.8, 4) is 5.75 Å². The van der Waals surface area contributed by atoms with Crippen LogP contribution in [0.2, 0.25) is 10.0 Å². The lowest BCUT2D eigenvalue weighted by atomic mass is 10.1. The van der Waals surface area contributed by atoms with Crippen molar-refractivity contribution in [1.82, 2.24) is 5.32 Å². The summed E-state index contributed by atoms with van der Waals surface area (Å²) < 4.78 is 0. The molecule has 0 saturated carbocycles. The van der Waals surface area contributed by atoms with Gasteiger partial charge in [0.1, 0.15) is 5.70 Å². The Hall–Kier alpha value is -2.63. The first kappa shape index (κ1) is 17.2. The summed E-state index contributed by atoms with van der Waals surface area (Å²) in [4.78, 5) is 20.3. The Balaban J connectivity index is 2.04. The van der Waals surface area contributed by atoms with Gasteiger partial charge >= 0.3 is 0 Å². The first-order valence-electron chi connectivity index (χ1n) is 7.34. The minimum Gasteiger partial charge on any atom is -0.505 e. The molecule has 1 heterocycles. The van der Waals surface area contributed by atoms with E-state index in [0.29, 0.717) is 22.9 Å². The standard InChI is InChI=1S/C18H13Cl2N3O2/c1-10(24)21-18-15(9-11-7-13(19)16(25)14(20)8-11)22-17(23-18)12-5-3-2-4-6-12/h2-9,25H,1H3,(H,21,22,23,24). The molecule has 0 saturated heterocycles. The lowest BCUT2D eigenvalue weighted by Crippen LogP contribution is -2.28. The number of nitrogens with zero attached hydrogens (tertiary/aromatic N) is 2. The van der Waals surface area contributed by atoms with Gasteiger partial charge in [0.2, 0.25) is 5.91 Å². The second-order valence-corrected chi connectivity index (χ2v) is 6.12. The summed E-state index contributed by atoms with van der Waals surface area (Å²) in [6, 6.07) is 12.5. The summed E-state index contributed by atoms with van der Waals surface area (Å²) in [7, 11) is 0. The van der Waals surface area contributed by atoms with E-state index in [1.165, 1.54) is 6.92 Å². The van der Waals surface area contributed by atoms with Gasteiger partial charge in [0, 0.05) is 12.5 Å². The SMILES string of the molecule is CC(=O)NC1=NC(c2ccccc2)=NC1=Cc1cc(Cl)c(O)c(Cl)c1. The predicted molar refractivity (Wildman–Crippen MR) is 100 cm³/mol. The number of hydrogen-bond acceptors (Lipinski definition) is 4. The first-order valence-corrected chi connectivity index (χ1v) is 8.10. The Labute approximate surface area is 154 Å². The third-order valence-corrected chi connectivity index (χ3v) is 3.93. The van der Waals surface area contributed by atoms with Gasteiger partial charge in [-0.15, -0.1) is 0 Å². The van der Waals surface area contributed by atoms with Crippen LogP contribution in [0.5, 0.6) is 5.75 Å². The number of halogens is 2. The van der Waals surface area contributed by atoms with E-state index in [1.807, 2.05) is 30.3 Å². The van der Waals surface area contributed by atoms with Crippen molar-refractivity contribution in [3.05, 3.63) is 69.3 Å². The molecule has 5 nitrogen and oxygen atoms in total. The van der Waals surface area contributed by atoms with Crippen LogP contribution >= 0.6 is 23.2 Å². The number of amides is 1. The maximum Gasteiger partial charge on any atom is 0.222 e. The third-order valence-electron chi connectivity index (χ3n) is 3.36. The van der Waals surface area contributed by atoms with Crippen LogP contribution in [-0.2, 0) is 4.79 Å². The van der Waals surface area contributed by atoms with Crippen molar-refractivity contribution in [2.45, 2.75) is 6.92 Å². The normalized spacial score (nSPS) is 15.1. The molecular formula is C18H13Cl2N3O2. The van der Waals surface area contributed by atoms with Crippen LogP contribution in [0.25, 0.3) is 6.08 Å². The van der Waals surface area contributed by atoms with Gasteiger partial charge in [-0.3, -0.25) is 4.79 Å². The Morgan fingerprint density at radius 3 is 2.36 bits per heavy atom. The number of amidine groups is 2. The second-order valence-electron chi connectivity index (χ2n) is 5.31. The van der Waals surface area contributed by atoms with Gasteiger partial charge in [-0.1, -0.05) is 53.5 Å². The molecular weight excluding hydrogens is 361 g/mol. The van der Waals surface area contributed by atoms with E-state index in [4.69, 9.17) is 23.2 Å².